The predicted molar refractivity (Wildman–Crippen MR) is 80.3 cm³/mol. The monoisotopic (exact) mass is 282 g/mol. The number of rotatable bonds is 2. The lowest BCUT2D eigenvalue weighted by Crippen LogP contribution is -2.03. The molecule has 1 fully saturated rings. The summed E-state index contributed by atoms with van der Waals surface area (Å²) in [6.07, 6.45) is 2.25. The Kier molecular flexibility index (Phi) is 2.71. The molecule has 0 saturated heterocycles. The molecule has 0 aromatic heterocycles. The second-order valence-electron chi connectivity index (χ2n) is 5.83. The Bertz CT molecular complexity index is 691. The maximum atomic E-state index is 12.7. The van der Waals surface area contributed by atoms with Crippen LogP contribution in [0.1, 0.15) is 33.8 Å². The molecule has 0 heterocycles. The molecule has 2 aliphatic carbocycles. The lowest BCUT2D eigenvalue weighted by Gasteiger charge is -2.13. The topological polar surface area (TPSA) is 17.1 Å². The van der Waals surface area contributed by atoms with Crippen molar-refractivity contribution in [1.29, 1.82) is 0 Å². The molecule has 4 rings (SSSR count). The van der Waals surface area contributed by atoms with Crippen LogP contribution in [0.5, 0.6) is 0 Å². The fourth-order valence-corrected chi connectivity index (χ4v) is 3.95. The Morgan fingerprint density at radius 3 is 2.80 bits per heavy atom. The number of benzene rings is 2. The summed E-state index contributed by atoms with van der Waals surface area (Å²) in [5.74, 6) is 1.40. The van der Waals surface area contributed by atoms with Crippen molar-refractivity contribution in [3.05, 3.63) is 70.2 Å². The van der Waals surface area contributed by atoms with Crippen LogP contribution in [-0.2, 0) is 6.42 Å². The summed E-state index contributed by atoms with van der Waals surface area (Å²) in [5.41, 5.74) is 3.58. The number of hydrogen-bond acceptors (Lipinski definition) is 1. The Morgan fingerprint density at radius 1 is 1.10 bits per heavy atom. The van der Waals surface area contributed by atoms with E-state index in [1.165, 1.54) is 11.1 Å². The molecule has 3 atom stereocenters. The highest BCUT2D eigenvalue weighted by molar-refractivity contribution is 6.31. The van der Waals surface area contributed by atoms with E-state index in [1.807, 2.05) is 18.2 Å². The molecule has 0 spiro atoms. The first-order chi connectivity index (χ1) is 9.75. The van der Waals surface area contributed by atoms with Crippen LogP contribution in [0.2, 0.25) is 5.02 Å². The molecule has 2 aromatic rings. The van der Waals surface area contributed by atoms with Gasteiger partial charge in [-0.25, -0.2) is 0 Å². The predicted octanol–water partition coefficient (Wildman–Crippen LogP) is 4.50. The highest BCUT2D eigenvalue weighted by atomic mass is 35.5. The summed E-state index contributed by atoms with van der Waals surface area (Å²) in [4.78, 5) is 12.7. The van der Waals surface area contributed by atoms with Crippen LogP contribution in [0, 0.1) is 11.8 Å². The van der Waals surface area contributed by atoms with E-state index in [1.54, 1.807) is 6.07 Å². The van der Waals surface area contributed by atoms with Crippen molar-refractivity contribution in [1.82, 2.24) is 0 Å². The van der Waals surface area contributed by atoms with Crippen molar-refractivity contribution in [3.8, 4) is 0 Å². The first-order valence-corrected chi connectivity index (χ1v) is 7.51. The molecule has 0 radical (unpaired) electrons. The highest BCUT2D eigenvalue weighted by Crippen LogP contribution is 2.60. The number of ketones is 1. The molecular formula is C18H15ClO. The van der Waals surface area contributed by atoms with Gasteiger partial charge >= 0.3 is 0 Å². The number of Topliss-reactive ketones (excluding diaryl/α,β-unsaturated/α-hetero) is 1. The van der Waals surface area contributed by atoms with Crippen molar-refractivity contribution in [2.45, 2.75) is 18.8 Å². The number of fused-ring (bicyclic) bond motifs is 3. The molecule has 100 valence electrons. The third-order valence-electron chi connectivity index (χ3n) is 4.74. The molecule has 2 aliphatic rings. The summed E-state index contributed by atoms with van der Waals surface area (Å²) in [5, 5.41) is 0.639. The second kappa shape index (κ2) is 4.46. The molecule has 1 saturated carbocycles. The Balaban J connectivity index is 1.65. The number of carbonyl (C=O) groups is 1. The first-order valence-electron chi connectivity index (χ1n) is 7.13. The zero-order valence-corrected chi connectivity index (χ0v) is 11.8. The van der Waals surface area contributed by atoms with E-state index in [2.05, 4.69) is 24.3 Å². The fraction of sp³-hybridized carbons (Fsp3) is 0.278. The summed E-state index contributed by atoms with van der Waals surface area (Å²) >= 11 is 6.00. The van der Waals surface area contributed by atoms with E-state index < -0.39 is 0 Å². The quantitative estimate of drug-likeness (QED) is 0.741. The van der Waals surface area contributed by atoms with Gasteiger partial charge in [-0.15, -0.1) is 0 Å². The minimum atomic E-state index is 0.164. The zero-order chi connectivity index (χ0) is 13.7. The van der Waals surface area contributed by atoms with E-state index in [4.69, 9.17) is 11.6 Å². The molecule has 0 bridgehead atoms. The largest absolute Gasteiger partial charge is 0.294 e. The molecule has 20 heavy (non-hydrogen) atoms. The summed E-state index contributed by atoms with van der Waals surface area (Å²) in [6, 6.07) is 15.9. The van der Waals surface area contributed by atoms with Crippen molar-refractivity contribution < 1.29 is 4.79 Å². The van der Waals surface area contributed by atoms with Gasteiger partial charge in [0.1, 0.15) is 0 Å². The normalized spacial score (nSPS) is 26.6. The molecule has 0 amide bonds. The van der Waals surface area contributed by atoms with Crippen molar-refractivity contribution in [2.24, 2.45) is 11.8 Å². The van der Waals surface area contributed by atoms with Crippen LogP contribution in [-0.4, -0.2) is 5.78 Å². The maximum Gasteiger partial charge on any atom is 0.166 e. The smallest absolute Gasteiger partial charge is 0.166 e. The van der Waals surface area contributed by atoms with Gasteiger partial charge in [-0.05, 0) is 47.9 Å². The van der Waals surface area contributed by atoms with Crippen molar-refractivity contribution >= 4 is 17.4 Å². The van der Waals surface area contributed by atoms with Gasteiger partial charge in [-0.1, -0.05) is 48.0 Å². The van der Waals surface area contributed by atoms with Crippen LogP contribution in [0.15, 0.2) is 48.5 Å². The molecule has 0 N–H and O–H groups in total. The second-order valence-corrected chi connectivity index (χ2v) is 6.26. The van der Waals surface area contributed by atoms with E-state index in [9.17, 15) is 4.79 Å². The Hall–Kier alpha value is -1.60. The summed E-state index contributed by atoms with van der Waals surface area (Å²) in [6.45, 7) is 0. The third kappa shape index (κ3) is 1.81. The molecule has 3 unspecified atom stereocenters. The lowest BCUT2D eigenvalue weighted by molar-refractivity contribution is 0.0959. The van der Waals surface area contributed by atoms with E-state index in [0.717, 1.165) is 18.4 Å². The van der Waals surface area contributed by atoms with Gasteiger partial charge in [0, 0.05) is 16.5 Å². The average Bonchev–Trinajstić information content (AvgIpc) is 3.21. The molecule has 2 heteroatoms. The third-order valence-corrected chi connectivity index (χ3v) is 4.98. The van der Waals surface area contributed by atoms with Gasteiger partial charge in [0.15, 0.2) is 5.78 Å². The van der Waals surface area contributed by atoms with Crippen LogP contribution < -0.4 is 0 Å². The van der Waals surface area contributed by atoms with Gasteiger partial charge in [0.05, 0.1) is 0 Å². The van der Waals surface area contributed by atoms with Crippen LogP contribution >= 0.6 is 11.6 Å². The summed E-state index contributed by atoms with van der Waals surface area (Å²) < 4.78 is 0. The minimum absolute atomic E-state index is 0.164. The molecular weight excluding hydrogens is 268 g/mol. The minimum Gasteiger partial charge on any atom is -0.294 e. The standard InChI is InChI=1S/C18H15ClO/c19-13-6-3-5-12(10-13)18(20)17-15-9-8-11-4-1-2-7-14(11)16(15)17/h1-7,10,15-17H,8-9H2. The number of carbonyl (C=O) groups excluding carboxylic acids is 1. The van der Waals surface area contributed by atoms with E-state index >= 15 is 0 Å². The lowest BCUT2D eigenvalue weighted by atomic mass is 9.92. The van der Waals surface area contributed by atoms with Gasteiger partial charge < -0.3 is 0 Å². The SMILES string of the molecule is O=C(c1cccc(Cl)c1)C1C2CCc3ccccc3C21. The average molecular weight is 283 g/mol. The number of aryl methyl sites for hydroxylation is 1. The van der Waals surface area contributed by atoms with Crippen LogP contribution in [0.4, 0.5) is 0 Å². The highest BCUT2D eigenvalue weighted by Gasteiger charge is 2.56. The zero-order valence-electron chi connectivity index (χ0n) is 11.1. The van der Waals surface area contributed by atoms with Crippen LogP contribution in [0.25, 0.3) is 0 Å². The van der Waals surface area contributed by atoms with Crippen molar-refractivity contribution in [3.63, 3.8) is 0 Å². The number of hydrogen-bond donors (Lipinski definition) is 0. The molecule has 0 aliphatic heterocycles. The van der Waals surface area contributed by atoms with Gasteiger partial charge in [-0.3, -0.25) is 4.79 Å². The maximum absolute atomic E-state index is 12.7. The van der Waals surface area contributed by atoms with Crippen LogP contribution in [0.3, 0.4) is 0 Å². The first kappa shape index (κ1) is 12.2. The Labute approximate surface area is 123 Å². The number of halogens is 1. The molecule has 1 nitrogen and oxygen atoms in total. The Morgan fingerprint density at radius 2 is 1.95 bits per heavy atom. The van der Waals surface area contributed by atoms with E-state index in [-0.39, 0.29) is 11.7 Å². The van der Waals surface area contributed by atoms with Gasteiger partial charge in [-0.2, -0.15) is 0 Å². The van der Waals surface area contributed by atoms with Gasteiger partial charge in [0.2, 0.25) is 0 Å². The van der Waals surface area contributed by atoms with Gasteiger partial charge in [0.25, 0.3) is 0 Å². The van der Waals surface area contributed by atoms with E-state index in [0.29, 0.717) is 16.9 Å². The fourth-order valence-electron chi connectivity index (χ4n) is 3.76. The van der Waals surface area contributed by atoms with Crippen molar-refractivity contribution in [2.75, 3.05) is 0 Å². The molecule has 2 aromatic carbocycles. The summed E-state index contributed by atoms with van der Waals surface area (Å²) in [7, 11) is 0.